The van der Waals surface area contributed by atoms with Crippen LogP contribution in [0.2, 0.25) is 0 Å². The van der Waals surface area contributed by atoms with Crippen molar-refractivity contribution in [3.8, 4) is 0 Å². The van der Waals surface area contributed by atoms with E-state index in [1.165, 1.54) is 19.3 Å². The molecule has 2 saturated carbocycles. The van der Waals surface area contributed by atoms with Gasteiger partial charge in [-0.15, -0.1) is 0 Å². The van der Waals surface area contributed by atoms with E-state index in [9.17, 15) is 4.79 Å². The molecule has 0 aliphatic heterocycles. The zero-order valence-corrected chi connectivity index (χ0v) is 10.7. The Kier molecular flexibility index (Phi) is 3.45. The van der Waals surface area contributed by atoms with Crippen LogP contribution in [0.3, 0.4) is 0 Å². The lowest BCUT2D eigenvalue weighted by atomic mass is 9.65. The maximum Gasteiger partial charge on any atom is 0.327 e. The lowest BCUT2D eigenvalue weighted by Gasteiger charge is -2.44. The van der Waals surface area contributed by atoms with Crippen LogP contribution in [-0.4, -0.2) is 17.6 Å². The second-order valence-corrected chi connectivity index (χ2v) is 5.86. The molecule has 0 aromatic rings. The van der Waals surface area contributed by atoms with Gasteiger partial charge in [-0.1, -0.05) is 19.3 Å². The van der Waals surface area contributed by atoms with Gasteiger partial charge in [0.1, 0.15) is 11.6 Å². The molecule has 0 aromatic heterocycles. The molecule has 1 N–H and O–H groups in total. The van der Waals surface area contributed by atoms with E-state index in [2.05, 4.69) is 4.84 Å². The Morgan fingerprint density at radius 1 is 1.31 bits per heavy atom. The van der Waals surface area contributed by atoms with Gasteiger partial charge in [-0.3, -0.25) is 4.79 Å². The van der Waals surface area contributed by atoms with Crippen molar-refractivity contribution in [2.24, 2.45) is 11.8 Å². The number of rotatable bonds is 4. The molecule has 0 unspecified atom stereocenters. The molecule has 0 saturated heterocycles. The van der Waals surface area contributed by atoms with Gasteiger partial charge in [0.2, 0.25) is 0 Å². The molecule has 0 amide bonds. The van der Waals surface area contributed by atoms with Crippen LogP contribution in [0.5, 0.6) is 0 Å². The summed E-state index contributed by atoms with van der Waals surface area (Å²) >= 11 is 5.49. The molecule has 0 bridgehead atoms. The number of ether oxygens (including phenoxy) is 1. The number of esters is 1. The lowest BCUT2D eigenvalue weighted by Crippen LogP contribution is -2.47. The second kappa shape index (κ2) is 4.53. The molecule has 0 atom stereocenters. The summed E-state index contributed by atoms with van der Waals surface area (Å²) in [7, 11) is 0. The third kappa shape index (κ3) is 2.35. The van der Waals surface area contributed by atoms with Crippen LogP contribution in [0.4, 0.5) is 0 Å². The van der Waals surface area contributed by atoms with Crippen LogP contribution < -0.4 is 4.84 Å². The molecular formula is C12H20ClNO2. The average Bonchev–Trinajstić information content (AvgIpc) is 2.11. The molecule has 0 heterocycles. The quantitative estimate of drug-likeness (QED) is 0.611. The topological polar surface area (TPSA) is 38.3 Å². The Morgan fingerprint density at radius 3 is 2.38 bits per heavy atom. The van der Waals surface area contributed by atoms with Gasteiger partial charge in [-0.25, -0.2) is 4.84 Å². The van der Waals surface area contributed by atoms with E-state index in [-0.39, 0.29) is 12.1 Å². The summed E-state index contributed by atoms with van der Waals surface area (Å²) in [4.78, 5) is 14.1. The van der Waals surface area contributed by atoms with E-state index in [4.69, 9.17) is 16.5 Å². The fraction of sp³-hybridized carbons (Fsp3) is 0.917. The van der Waals surface area contributed by atoms with E-state index >= 15 is 0 Å². The van der Waals surface area contributed by atoms with Gasteiger partial charge in [0.15, 0.2) is 0 Å². The third-order valence-electron chi connectivity index (χ3n) is 3.97. The zero-order valence-electron chi connectivity index (χ0n) is 9.96. The van der Waals surface area contributed by atoms with Crippen molar-refractivity contribution in [2.75, 3.05) is 0 Å². The Hall–Kier alpha value is -0.280. The Morgan fingerprint density at radius 2 is 1.94 bits per heavy atom. The molecular weight excluding hydrogens is 226 g/mol. The summed E-state index contributed by atoms with van der Waals surface area (Å²) < 4.78 is 5.41. The van der Waals surface area contributed by atoms with Crippen molar-refractivity contribution in [1.82, 2.24) is 4.84 Å². The van der Waals surface area contributed by atoms with Crippen LogP contribution >= 0.6 is 11.8 Å². The van der Waals surface area contributed by atoms with Crippen molar-refractivity contribution in [3.05, 3.63) is 0 Å². The minimum Gasteiger partial charge on any atom is -0.461 e. The Labute approximate surface area is 102 Å². The van der Waals surface area contributed by atoms with Crippen molar-refractivity contribution in [1.29, 1.82) is 0 Å². The first kappa shape index (κ1) is 12.2. The third-order valence-corrected chi connectivity index (χ3v) is 4.44. The van der Waals surface area contributed by atoms with Gasteiger partial charge in [0.25, 0.3) is 0 Å². The second-order valence-electron chi connectivity index (χ2n) is 5.67. The molecule has 0 radical (unpaired) electrons. The lowest BCUT2D eigenvalue weighted by molar-refractivity contribution is -0.163. The summed E-state index contributed by atoms with van der Waals surface area (Å²) in [6.45, 7) is 3.45. The minimum absolute atomic E-state index is 0.127. The Balaban J connectivity index is 1.70. The summed E-state index contributed by atoms with van der Waals surface area (Å²) in [6, 6.07) is 0. The van der Waals surface area contributed by atoms with Crippen molar-refractivity contribution >= 4 is 17.7 Å². The highest BCUT2D eigenvalue weighted by atomic mass is 35.5. The predicted octanol–water partition coefficient (Wildman–Crippen LogP) is 2.63. The first-order valence-electron chi connectivity index (χ1n) is 6.12. The molecule has 4 heteroatoms. The molecule has 3 nitrogen and oxygen atoms in total. The number of hydrogen-bond acceptors (Lipinski definition) is 3. The summed E-state index contributed by atoms with van der Waals surface area (Å²) in [6.07, 6.45) is 6.36. The molecule has 2 rings (SSSR count). The summed E-state index contributed by atoms with van der Waals surface area (Å²) in [5.74, 6) is 1.47. The molecule has 0 aromatic carbocycles. The van der Waals surface area contributed by atoms with Crippen LogP contribution in [-0.2, 0) is 9.53 Å². The van der Waals surface area contributed by atoms with E-state index in [0.717, 1.165) is 24.7 Å². The number of halogens is 1. The molecule has 2 aliphatic rings. The average molecular weight is 246 g/mol. The number of carbonyl (C=O) groups excluding carboxylic acids is 1. The number of carbonyl (C=O) groups is 1. The van der Waals surface area contributed by atoms with Crippen LogP contribution in [0.15, 0.2) is 0 Å². The fourth-order valence-corrected chi connectivity index (χ4v) is 2.41. The zero-order chi connectivity index (χ0) is 11.8. The van der Waals surface area contributed by atoms with Gasteiger partial charge in [0, 0.05) is 0 Å². The molecule has 2 aliphatic carbocycles. The summed E-state index contributed by atoms with van der Waals surface area (Å²) in [5, 5.41) is 0. The molecule has 0 spiro atoms. The van der Waals surface area contributed by atoms with E-state index in [0.29, 0.717) is 0 Å². The monoisotopic (exact) mass is 245 g/mol. The first-order chi connectivity index (χ1) is 7.53. The molecule has 16 heavy (non-hydrogen) atoms. The highest BCUT2D eigenvalue weighted by Gasteiger charge is 2.41. The SMILES string of the molecule is CC(C)(NCl)C(=O)OC1CC(C2CCC2)C1. The van der Waals surface area contributed by atoms with E-state index in [1.54, 1.807) is 13.8 Å². The van der Waals surface area contributed by atoms with Crippen LogP contribution in [0, 0.1) is 11.8 Å². The fourth-order valence-electron chi connectivity index (χ4n) is 2.34. The van der Waals surface area contributed by atoms with Crippen LogP contribution in [0.25, 0.3) is 0 Å². The maximum absolute atomic E-state index is 11.7. The Bertz CT molecular complexity index is 270. The standard InChI is InChI=1S/C12H20ClNO2/c1-12(2,14-13)11(15)16-10-6-9(7-10)8-4-3-5-8/h8-10,14H,3-7H2,1-2H3. The van der Waals surface area contributed by atoms with E-state index in [1.807, 2.05) is 0 Å². The summed E-state index contributed by atoms with van der Waals surface area (Å²) in [5.41, 5.74) is -0.789. The highest BCUT2D eigenvalue weighted by molar-refractivity contribution is 6.15. The van der Waals surface area contributed by atoms with Gasteiger partial charge >= 0.3 is 5.97 Å². The van der Waals surface area contributed by atoms with Gasteiger partial charge in [-0.2, -0.15) is 0 Å². The van der Waals surface area contributed by atoms with E-state index < -0.39 is 5.54 Å². The van der Waals surface area contributed by atoms with Gasteiger partial charge in [-0.05, 0) is 50.3 Å². The van der Waals surface area contributed by atoms with Crippen molar-refractivity contribution < 1.29 is 9.53 Å². The minimum atomic E-state index is -0.789. The maximum atomic E-state index is 11.7. The van der Waals surface area contributed by atoms with Crippen molar-refractivity contribution in [2.45, 2.75) is 57.6 Å². The number of nitrogens with one attached hydrogen (secondary N) is 1. The predicted molar refractivity (Wildman–Crippen MR) is 63.0 cm³/mol. The largest absolute Gasteiger partial charge is 0.461 e. The molecule has 92 valence electrons. The highest BCUT2D eigenvalue weighted by Crippen LogP contribution is 2.45. The van der Waals surface area contributed by atoms with Gasteiger partial charge in [0.05, 0.1) is 0 Å². The smallest absolute Gasteiger partial charge is 0.327 e. The van der Waals surface area contributed by atoms with Crippen molar-refractivity contribution in [3.63, 3.8) is 0 Å². The normalized spacial score (nSPS) is 30.4. The molecule has 2 fully saturated rings. The first-order valence-corrected chi connectivity index (χ1v) is 6.49. The number of hydrogen-bond donors (Lipinski definition) is 1. The van der Waals surface area contributed by atoms with Gasteiger partial charge < -0.3 is 4.74 Å². The van der Waals surface area contributed by atoms with Crippen LogP contribution in [0.1, 0.15) is 46.0 Å².